The van der Waals surface area contributed by atoms with Crippen LogP contribution in [-0.4, -0.2) is 22.5 Å². The Morgan fingerprint density at radius 1 is 1.17 bits per heavy atom. The molecule has 0 radical (unpaired) electrons. The molecule has 1 aliphatic heterocycles. The Hall–Kier alpha value is -3.03. The van der Waals surface area contributed by atoms with Gasteiger partial charge in [0.1, 0.15) is 17.4 Å². The Kier molecular flexibility index (Phi) is 3.88. The molecule has 8 heteroatoms. The number of hydrogen-bond acceptors (Lipinski definition) is 4. The average molecular weight is 318 g/mol. The van der Waals surface area contributed by atoms with Gasteiger partial charge in [-0.25, -0.2) is 23.5 Å². The van der Waals surface area contributed by atoms with Gasteiger partial charge in [-0.1, -0.05) is 6.58 Å². The summed E-state index contributed by atoms with van der Waals surface area (Å²) in [6, 6.07) is 2.37. The number of benzene rings is 1. The van der Waals surface area contributed by atoms with Crippen molar-refractivity contribution in [2.45, 2.75) is 6.42 Å². The average Bonchev–Trinajstić information content (AvgIpc) is 2.47. The van der Waals surface area contributed by atoms with E-state index in [2.05, 4.69) is 21.9 Å². The summed E-state index contributed by atoms with van der Waals surface area (Å²) < 4.78 is 31.4. The van der Waals surface area contributed by atoms with Gasteiger partial charge < -0.3 is 10.1 Å². The smallest absolute Gasteiger partial charge is 0.326 e. The van der Waals surface area contributed by atoms with E-state index in [9.17, 15) is 13.6 Å². The number of ether oxygens (including phenoxy) is 1. The van der Waals surface area contributed by atoms with Crippen molar-refractivity contribution < 1.29 is 18.3 Å². The highest BCUT2D eigenvalue weighted by Crippen LogP contribution is 2.22. The van der Waals surface area contributed by atoms with E-state index in [1.165, 1.54) is 17.3 Å². The van der Waals surface area contributed by atoms with Gasteiger partial charge in [-0.3, -0.25) is 4.90 Å². The van der Waals surface area contributed by atoms with Crippen LogP contribution in [0.5, 0.6) is 11.8 Å². The summed E-state index contributed by atoms with van der Waals surface area (Å²) in [4.78, 5) is 21.2. The number of urea groups is 1. The summed E-state index contributed by atoms with van der Waals surface area (Å²) in [6.45, 7) is 4.16. The normalized spacial score (nSPS) is 14.6. The molecule has 2 aromatic rings. The minimum absolute atomic E-state index is 0.0535. The summed E-state index contributed by atoms with van der Waals surface area (Å²) in [7, 11) is 0. The lowest BCUT2D eigenvalue weighted by molar-refractivity contribution is 0.246. The lowest BCUT2D eigenvalue weighted by atomic mass is 10.2. The van der Waals surface area contributed by atoms with Crippen LogP contribution in [0, 0.1) is 11.6 Å². The number of anilines is 1. The summed E-state index contributed by atoms with van der Waals surface area (Å²) in [5.74, 6) is -1.58. The third kappa shape index (κ3) is 3.42. The molecule has 1 N–H and O–H groups in total. The first-order valence-corrected chi connectivity index (χ1v) is 6.73. The molecule has 3 rings (SSSR count). The van der Waals surface area contributed by atoms with Crippen molar-refractivity contribution >= 4 is 11.7 Å². The van der Waals surface area contributed by atoms with Crippen LogP contribution in [0.4, 0.5) is 19.3 Å². The molecule has 0 bridgehead atoms. The van der Waals surface area contributed by atoms with Crippen molar-refractivity contribution in [2.24, 2.45) is 0 Å². The van der Waals surface area contributed by atoms with Gasteiger partial charge >= 0.3 is 12.0 Å². The Balaban J connectivity index is 1.74. The summed E-state index contributed by atoms with van der Waals surface area (Å²) in [5, 5.41) is 2.62. The second kappa shape index (κ2) is 5.99. The number of carbonyl (C=O) groups excluding carboxylic acids is 1. The van der Waals surface area contributed by atoms with Crippen LogP contribution >= 0.6 is 0 Å². The number of nitrogens with one attached hydrogen (secondary N) is 1. The summed E-state index contributed by atoms with van der Waals surface area (Å²) >= 11 is 0. The van der Waals surface area contributed by atoms with Crippen LogP contribution in [-0.2, 0) is 0 Å². The van der Waals surface area contributed by atoms with Gasteiger partial charge in [-0.15, -0.1) is 0 Å². The monoisotopic (exact) mass is 318 g/mol. The standard InChI is InChI=1S/C15H12F2N4O2/c1-9-2-3-21(15(22)20-9)12-7-18-14(19-8-12)23-13-5-10(16)4-11(17)6-13/h4-8H,1-3H2,(H,20,22). The summed E-state index contributed by atoms with van der Waals surface area (Å²) in [6.07, 6.45) is 3.41. The third-order valence-corrected chi connectivity index (χ3v) is 3.14. The number of amides is 2. The highest BCUT2D eigenvalue weighted by atomic mass is 19.1. The van der Waals surface area contributed by atoms with Gasteiger partial charge in [-0.05, 0) is 0 Å². The molecule has 1 aliphatic rings. The van der Waals surface area contributed by atoms with E-state index in [1.54, 1.807) is 0 Å². The molecule has 2 amide bonds. The Morgan fingerprint density at radius 3 is 2.43 bits per heavy atom. The highest BCUT2D eigenvalue weighted by Gasteiger charge is 2.22. The predicted molar refractivity (Wildman–Crippen MR) is 78.1 cm³/mol. The molecule has 2 heterocycles. The minimum atomic E-state index is -0.762. The Bertz CT molecular complexity index is 744. The van der Waals surface area contributed by atoms with Crippen LogP contribution in [0.2, 0.25) is 0 Å². The largest absolute Gasteiger partial charge is 0.424 e. The third-order valence-electron chi connectivity index (χ3n) is 3.14. The van der Waals surface area contributed by atoms with Gasteiger partial charge in [0.2, 0.25) is 0 Å². The van der Waals surface area contributed by atoms with Gasteiger partial charge in [0.25, 0.3) is 0 Å². The molecule has 1 fully saturated rings. The van der Waals surface area contributed by atoms with E-state index in [4.69, 9.17) is 4.74 Å². The van der Waals surface area contributed by atoms with E-state index in [1.807, 2.05) is 0 Å². The molecule has 0 aliphatic carbocycles. The maximum Gasteiger partial charge on any atom is 0.326 e. The van der Waals surface area contributed by atoms with Crippen LogP contribution in [0.15, 0.2) is 42.9 Å². The maximum absolute atomic E-state index is 13.1. The molecular formula is C15H12F2N4O2. The van der Waals surface area contributed by atoms with Crippen LogP contribution in [0.25, 0.3) is 0 Å². The quantitative estimate of drug-likeness (QED) is 0.945. The van der Waals surface area contributed by atoms with Crippen molar-refractivity contribution in [1.82, 2.24) is 15.3 Å². The van der Waals surface area contributed by atoms with E-state index in [-0.39, 0.29) is 17.8 Å². The number of carbonyl (C=O) groups is 1. The van der Waals surface area contributed by atoms with E-state index in [0.29, 0.717) is 24.4 Å². The zero-order valence-corrected chi connectivity index (χ0v) is 11.9. The Morgan fingerprint density at radius 2 is 1.83 bits per heavy atom. The highest BCUT2D eigenvalue weighted by molar-refractivity contribution is 5.93. The molecule has 6 nitrogen and oxygen atoms in total. The fourth-order valence-corrected chi connectivity index (χ4v) is 2.07. The number of hydrogen-bond donors (Lipinski definition) is 1. The lowest BCUT2D eigenvalue weighted by Gasteiger charge is -2.28. The van der Waals surface area contributed by atoms with Crippen LogP contribution in [0.1, 0.15) is 6.42 Å². The van der Waals surface area contributed by atoms with Crippen molar-refractivity contribution in [3.05, 3.63) is 54.5 Å². The molecule has 0 atom stereocenters. The van der Waals surface area contributed by atoms with Gasteiger partial charge in [-0.2, -0.15) is 0 Å². The van der Waals surface area contributed by atoms with Crippen molar-refractivity contribution in [3.63, 3.8) is 0 Å². The molecule has 23 heavy (non-hydrogen) atoms. The fourth-order valence-electron chi connectivity index (χ4n) is 2.07. The molecule has 118 valence electrons. The first-order valence-electron chi connectivity index (χ1n) is 6.73. The van der Waals surface area contributed by atoms with Crippen LogP contribution < -0.4 is 15.0 Å². The SMILES string of the molecule is C=C1CCN(c2cnc(Oc3cc(F)cc(F)c3)nc2)C(=O)N1. The number of halogens is 2. The molecular weight excluding hydrogens is 306 g/mol. The predicted octanol–water partition coefficient (Wildman–Crippen LogP) is 2.98. The Labute approximate surface area is 130 Å². The second-order valence-corrected chi connectivity index (χ2v) is 4.87. The second-order valence-electron chi connectivity index (χ2n) is 4.87. The molecule has 1 aromatic carbocycles. The lowest BCUT2D eigenvalue weighted by Crippen LogP contribution is -2.45. The molecule has 0 spiro atoms. The fraction of sp³-hybridized carbons (Fsp3) is 0.133. The first-order chi connectivity index (χ1) is 11.0. The van der Waals surface area contributed by atoms with E-state index < -0.39 is 11.6 Å². The first kappa shape index (κ1) is 14.9. The molecule has 0 saturated carbocycles. The van der Waals surface area contributed by atoms with Crippen LogP contribution in [0.3, 0.4) is 0 Å². The maximum atomic E-state index is 13.1. The molecule has 1 saturated heterocycles. The molecule has 1 aromatic heterocycles. The zero-order valence-electron chi connectivity index (χ0n) is 11.9. The zero-order chi connectivity index (χ0) is 16.4. The van der Waals surface area contributed by atoms with Gasteiger partial charge in [0.05, 0.1) is 18.1 Å². The minimum Gasteiger partial charge on any atom is -0.424 e. The van der Waals surface area contributed by atoms with E-state index >= 15 is 0 Å². The number of nitrogens with zero attached hydrogens (tertiary/aromatic N) is 3. The van der Waals surface area contributed by atoms with Gasteiger partial charge in [0, 0.05) is 36.9 Å². The van der Waals surface area contributed by atoms with Crippen molar-refractivity contribution in [2.75, 3.05) is 11.4 Å². The van der Waals surface area contributed by atoms with Gasteiger partial charge in [0.15, 0.2) is 0 Å². The van der Waals surface area contributed by atoms with Crippen molar-refractivity contribution in [1.29, 1.82) is 0 Å². The van der Waals surface area contributed by atoms with E-state index in [0.717, 1.165) is 18.2 Å². The van der Waals surface area contributed by atoms with Crippen molar-refractivity contribution in [3.8, 4) is 11.8 Å². The summed E-state index contributed by atoms with van der Waals surface area (Å²) in [5.41, 5.74) is 1.13. The molecule has 0 unspecified atom stereocenters. The number of aromatic nitrogens is 2. The number of rotatable bonds is 3. The topological polar surface area (TPSA) is 67.3 Å².